The molecule has 1 aliphatic heterocycles. The lowest BCUT2D eigenvalue weighted by Gasteiger charge is -2.27. The van der Waals surface area contributed by atoms with Crippen molar-refractivity contribution in [2.75, 3.05) is 13.7 Å². The molecule has 0 saturated carbocycles. The van der Waals surface area contributed by atoms with E-state index in [-0.39, 0.29) is 17.9 Å². The Bertz CT molecular complexity index is 1130. The molecule has 1 unspecified atom stereocenters. The van der Waals surface area contributed by atoms with Crippen LogP contribution in [0.3, 0.4) is 0 Å². The number of ketones is 1. The van der Waals surface area contributed by atoms with Crippen molar-refractivity contribution in [3.8, 4) is 11.5 Å². The topological polar surface area (TPSA) is 76.1 Å². The standard InChI is InChI=1S/C25H23NO5S/c1-3-31-19-10-6-16(7-11-19)15-26-22(17-8-12-18(30-2)13-9-17)21(24(28)25(26)29)23(27)20-5-4-14-32-20/h4-14,22,28H,3,15H2,1-2H3. The lowest BCUT2D eigenvalue weighted by Crippen LogP contribution is -2.30. The summed E-state index contributed by atoms with van der Waals surface area (Å²) in [6.07, 6.45) is 0. The van der Waals surface area contributed by atoms with Crippen LogP contribution in [0.25, 0.3) is 0 Å². The first-order valence-electron chi connectivity index (χ1n) is 10.2. The number of hydrogen-bond acceptors (Lipinski definition) is 6. The summed E-state index contributed by atoms with van der Waals surface area (Å²) in [6, 6.07) is 17.3. The number of aliphatic hydroxyl groups excluding tert-OH is 1. The molecule has 0 saturated heterocycles. The summed E-state index contributed by atoms with van der Waals surface area (Å²) in [4.78, 5) is 28.3. The Labute approximate surface area is 190 Å². The van der Waals surface area contributed by atoms with Gasteiger partial charge in [-0.1, -0.05) is 30.3 Å². The first-order chi connectivity index (χ1) is 15.5. The third kappa shape index (κ3) is 4.11. The van der Waals surface area contributed by atoms with Gasteiger partial charge in [0.15, 0.2) is 5.76 Å². The summed E-state index contributed by atoms with van der Waals surface area (Å²) in [5.74, 6) is -0.0173. The van der Waals surface area contributed by atoms with Gasteiger partial charge in [-0.25, -0.2) is 0 Å². The molecule has 2 heterocycles. The molecule has 1 aromatic heterocycles. The molecule has 6 nitrogen and oxygen atoms in total. The Morgan fingerprint density at radius 2 is 1.75 bits per heavy atom. The van der Waals surface area contributed by atoms with Gasteiger partial charge < -0.3 is 19.5 Å². The van der Waals surface area contributed by atoms with Gasteiger partial charge in [0.05, 0.1) is 30.2 Å². The lowest BCUT2D eigenvalue weighted by atomic mass is 9.95. The van der Waals surface area contributed by atoms with Crippen LogP contribution in [0.5, 0.6) is 11.5 Å². The number of aliphatic hydroxyl groups is 1. The highest BCUT2D eigenvalue weighted by atomic mass is 32.1. The van der Waals surface area contributed by atoms with Crippen LogP contribution in [0.1, 0.15) is 33.8 Å². The van der Waals surface area contributed by atoms with Gasteiger partial charge in [0.25, 0.3) is 5.91 Å². The number of thiophene rings is 1. The molecule has 7 heteroatoms. The molecule has 4 rings (SSSR count). The highest BCUT2D eigenvalue weighted by Crippen LogP contribution is 2.40. The number of hydrogen-bond donors (Lipinski definition) is 1. The lowest BCUT2D eigenvalue weighted by molar-refractivity contribution is -0.130. The Hall–Kier alpha value is -3.58. The number of carbonyl (C=O) groups is 2. The van der Waals surface area contributed by atoms with Crippen LogP contribution in [0.4, 0.5) is 0 Å². The number of methoxy groups -OCH3 is 1. The van der Waals surface area contributed by atoms with Gasteiger partial charge in [-0.15, -0.1) is 11.3 Å². The maximum atomic E-state index is 13.3. The summed E-state index contributed by atoms with van der Waals surface area (Å²) < 4.78 is 10.7. The fourth-order valence-corrected chi connectivity index (χ4v) is 4.45. The van der Waals surface area contributed by atoms with E-state index >= 15 is 0 Å². The Balaban J connectivity index is 1.72. The summed E-state index contributed by atoms with van der Waals surface area (Å²) in [6.45, 7) is 2.71. The molecule has 1 N–H and O–H groups in total. The van der Waals surface area contributed by atoms with Crippen molar-refractivity contribution in [1.82, 2.24) is 4.90 Å². The third-order valence-corrected chi connectivity index (χ3v) is 6.18. The minimum Gasteiger partial charge on any atom is -0.503 e. The molecule has 164 valence electrons. The zero-order valence-electron chi connectivity index (χ0n) is 17.8. The summed E-state index contributed by atoms with van der Waals surface area (Å²) in [7, 11) is 1.57. The largest absolute Gasteiger partial charge is 0.503 e. The van der Waals surface area contributed by atoms with Crippen LogP contribution in [0.2, 0.25) is 0 Å². The van der Waals surface area contributed by atoms with Crippen LogP contribution >= 0.6 is 11.3 Å². The molecule has 0 fully saturated rings. The van der Waals surface area contributed by atoms with Crippen LogP contribution in [0.15, 0.2) is 77.4 Å². The highest BCUT2D eigenvalue weighted by Gasteiger charge is 2.43. The van der Waals surface area contributed by atoms with Gasteiger partial charge in [0, 0.05) is 6.54 Å². The maximum absolute atomic E-state index is 13.3. The van der Waals surface area contributed by atoms with Crippen LogP contribution in [-0.2, 0) is 11.3 Å². The molecule has 3 aromatic rings. The van der Waals surface area contributed by atoms with Crippen molar-refractivity contribution in [3.05, 3.63) is 93.4 Å². The van der Waals surface area contributed by atoms with Crippen molar-refractivity contribution in [1.29, 1.82) is 0 Å². The second-order valence-corrected chi connectivity index (χ2v) is 8.20. The minimum absolute atomic E-state index is 0.0913. The quantitative estimate of drug-likeness (QED) is 0.493. The van der Waals surface area contributed by atoms with E-state index in [4.69, 9.17) is 9.47 Å². The molecule has 32 heavy (non-hydrogen) atoms. The smallest absolute Gasteiger partial charge is 0.290 e. The number of benzene rings is 2. The van der Waals surface area contributed by atoms with Crippen LogP contribution in [0, 0.1) is 0 Å². The van der Waals surface area contributed by atoms with E-state index in [0.717, 1.165) is 11.3 Å². The second kappa shape index (κ2) is 9.28. The van der Waals surface area contributed by atoms with E-state index in [9.17, 15) is 14.7 Å². The van der Waals surface area contributed by atoms with Gasteiger partial charge >= 0.3 is 0 Å². The molecule has 0 bridgehead atoms. The van der Waals surface area contributed by atoms with Crippen LogP contribution in [-0.4, -0.2) is 35.4 Å². The molecule has 1 atom stereocenters. The Kier molecular flexibility index (Phi) is 6.28. The fraction of sp³-hybridized carbons (Fsp3) is 0.200. The Morgan fingerprint density at radius 3 is 2.34 bits per heavy atom. The molecule has 1 aliphatic rings. The maximum Gasteiger partial charge on any atom is 0.290 e. The van der Waals surface area contributed by atoms with Crippen molar-refractivity contribution in [2.24, 2.45) is 0 Å². The van der Waals surface area contributed by atoms with Crippen molar-refractivity contribution in [3.63, 3.8) is 0 Å². The number of amides is 1. The number of rotatable bonds is 8. The van der Waals surface area contributed by atoms with Crippen molar-refractivity contribution >= 4 is 23.0 Å². The zero-order valence-corrected chi connectivity index (χ0v) is 18.6. The molecule has 1 amide bonds. The molecule has 0 aliphatic carbocycles. The summed E-state index contributed by atoms with van der Waals surface area (Å²) in [5.41, 5.74) is 1.67. The molecular weight excluding hydrogens is 426 g/mol. The zero-order chi connectivity index (χ0) is 22.7. The van der Waals surface area contributed by atoms with Crippen molar-refractivity contribution < 1.29 is 24.2 Å². The number of ether oxygens (including phenoxy) is 2. The fourth-order valence-electron chi connectivity index (χ4n) is 3.78. The molecule has 2 aromatic carbocycles. The van der Waals surface area contributed by atoms with E-state index < -0.39 is 17.7 Å². The minimum atomic E-state index is -0.713. The first-order valence-corrected chi connectivity index (χ1v) is 11.1. The van der Waals surface area contributed by atoms with E-state index in [1.54, 1.807) is 36.8 Å². The number of nitrogens with zero attached hydrogens (tertiary/aromatic N) is 1. The molecule has 0 spiro atoms. The monoisotopic (exact) mass is 449 g/mol. The van der Waals surface area contributed by atoms with E-state index in [1.165, 1.54) is 16.2 Å². The van der Waals surface area contributed by atoms with Crippen molar-refractivity contribution in [2.45, 2.75) is 19.5 Å². The summed E-state index contributed by atoms with van der Waals surface area (Å²) >= 11 is 1.28. The van der Waals surface area contributed by atoms with E-state index in [2.05, 4.69) is 0 Å². The van der Waals surface area contributed by atoms with Gasteiger partial charge in [0.2, 0.25) is 5.78 Å². The summed E-state index contributed by atoms with van der Waals surface area (Å²) in [5, 5.41) is 12.5. The predicted molar refractivity (Wildman–Crippen MR) is 122 cm³/mol. The van der Waals surface area contributed by atoms with E-state index in [1.807, 2.05) is 43.3 Å². The number of Topliss-reactive ketones (excluding diaryl/α,β-unsaturated/α-hetero) is 1. The average molecular weight is 450 g/mol. The van der Waals surface area contributed by atoms with Gasteiger partial charge in [-0.05, 0) is 53.8 Å². The SMILES string of the molecule is CCOc1ccc(CN2C(=O)C(O)=C(C(=O)c3cccs3)C2c2ccc(OC)cc2)cc1. The van der Waals surface area contributed by atoms with Gasteiger partial charge in [0.1, 0.15) is 11.5 Å². The highest BCUT2D eigenvalue weighted by molar-refractivity contribution is 7.12. The van der Waals surface area contributed by atoms with E-state index in [0.29, 0.717) is 22.8 Å². The molecular formula is C25H23NO5S. The average Bonchev–Trinajstić information content (AvgIpc) is 3.44. The number of carbonyl (C=O) groups excluding carboxylic acids is 2. The normalized spacial score (nSPS) is 15.9. The second-order valence-electron chi connectivity index (χ2n) is 7.25. The van der Waals surface area contributed by atoms with Gasteiger partial charge in [-0.2, -0.15) is 0 Å². The van der Waals surface area contributed by atoms with Crippen LogP contribution < -0.4 is 9.47 Å². The predicted octanol–water partition coefficient (Wildman–Crippen LogP) is 4.93. The third-order valence-electron chi connectivity index (χ3n) is 5.31. The Morgan fingerprint density at radius 1 is 1.06 bits per heavy atom. The first kappa shape index (κ1) is 21.6. The van der Waals surface area contributed by atoms with Gasteiger partial charge in [-0.3, -0.25) is 9.59 Å². The molecule has 0 radical (unpaired) electrons.